The minimum Gasteiger partial charge on any atom is -0.497 e. The molecule has 4 unspecified atom stereocenters. The van der Waals surface area contributed by atoms with E-state index in [4.69, 9.17) is 10.5 Å². The molecule has 0 saturated carbocycles. The second kappa shape index (κ2) is 9.80. The molecule has 0 spiro atoms. The van der Waals surface area contributed by atoms with E-state index in [1.165, 1.54) is 5.56 Å². The molecule has 1 amide bonds. The Labute approximate surface area is 184 Å². The minimum absolute atomic E-state index is 0.0295. The SMILES string of the molecule is COc1ccc(C(C(C(N)=O)c2ccccc2)C2CCNCC2c2ccccc2)cc1. The molecule has 4 atom stereocenters. The first-order valence-electron chi connectivity index (χ1n) is 10.9. The zero-order chi connectivity index (χ0) is 21.6. The third-order valence-corrected chi connectivity index (χ3v) is 6.55. The summed E-state index contributed by atoms with van der Waals surface area (Å²) in [5.41, 5.74) is 9.47. The first kappa shape index (κ1) is 21.1. The van der Waals surface area contributed by atoms with Gasteiger partial charge >= 0.3 is 0 Å². The number of carbonyl (C=O) groups is 1. The molecule has 1 aliphatic heterocycles. The van der Waals surface area contributed by atoms with E-state index < -0.39 is 5.92 Å². The van der Waals surface area contributed by atoms with Gasteiger partial charge in [-0.1, -0.05) is 72.8 Å². The number of carbonyl (C=O) groups excluding carboxylic acids is 1. The number of methoxy groups -OCH3 is 1. The number of nitrogens with one attached hydrogen (secondary N) is 1. The summed E-state index contributed by atoms with van der Waals surface area (Å²) in [5.74, 6) is 0.671. The van der Waals surface area contributed by atoms with E-state index in [-0.39, 0.29) is 17.7 Å². The van der Waals surface area contributed by atoms with Crippen LogP contribution in [0.5, 0.6) is 5.75 Å². The number of ether oxygens (including phenoxy) is 1. The normalized spacial score (nSPS) is 20.5. The summed E-state index contributed by atoms with van der Waals surface area (Å²) in [7, 11) is 1.67. The van der Waals surface area contributed by atoms with Crippen molar-refractivity contribution < 1.29 is 9.53 Å². The fraction of sp³-hybridized carbons (Fsp3) is 0.296. The van der Waals surface area contributed by atoms with E-state index in [0.29, 0.717) is 5.92 Å². The maximum Gasteiger partial charge on any atom is 0.225 e. The molecule has 0 bridgehead atoms. The van der Waals surface area contributed by atoms with Crippen LogP contribution in [0.4, 0.5) is 0 Å². The van der Waals surface area contributed by atoms with Crippen molar-refractivity contribution in [2.45, 2.75) is 24.2 Å². The maximum atomic E-state index is 12.9. The Kier molecular flexibility index (Phi) is 6.68. The van der Waals surface area contributed by atoms with Gasteiger partial charge in [-0.15, -0.1) is 0 Å². The number of rotatable bonds is 7. The summed E-state index contributed by atoms with van der Waals surface area (Å²) in [6.45, 7) is 1.82. The van der Waals surface area contributed by atoms with Crippen molar-refractivity contribution in [2.24, 2.45) is 11.7 Å². The van der Waals surface area contributed by atoms with Gasteiger partial charge in [0.25, 0.3) is 0 Å². The standard InChI is InChI=1S/C27H30N2O2/c1-31-22-14-12-21(13-15-22)25(26(27(28)30)20-10-6-3-7-11-20)23-16-17-29-18-24(23)19-8-4-2-5-9-19/h2-15,23-26,29H,16-18H2,1H3,(H2,28,30). The molecule has 4 rings (SSSR count). The first-order chi connectivity index (χ1) is 15.2. The van der Waals surface area contributed by atoms with E-state index in [0.717, 1.165) is 36.4 Å². The molecule has 31 heavy (non-hydrogen) atoms. The highest BCUT2D eigenvalue weighted by Crippen LogP contribution is 2.47. The van der Waals surface area contributed by atoms with Gasteiger partial charge in [0.05, 0.1) is 13.0 Å². The highest BCUT2D eigenvalue weighted by Gasteiger charge is 2.40. The van der Waals surface area contributed by atoms with Gasteiger partial charge in [0.15, 0.2) is 0 Å². The van der Waals surface area contributed by atoms with E-state index in [1.807, 2.05) is 48.5 Å². The first-order valence-corrected chi connectivity index (χ1v) is 10.9. The fourth-order valence-corrected chi connectivity index (χ4v) is 5.10. The lowest BCUT2D eigenvalue weighted by atomic mass is 9.65. The summed E-state index contributed by atoms with van der Waals surface area (Å²) < 4.78 is 5.38. The molecule has 1 aliphatic rings. The highest BCUT2D eigenvalue weighted by molar-refractivity contribution is 5.83. The van der Waals surface area contributed by atoms with E-state index in [2.05, 4.69) is 41.7 Å². The van der Waals surface area contributed by atoms with Crippen LogP contribution in [-0.2, 0) is 4.79 Å². The van der Waals surface area contributed by atoms with Gasteiger partial charge in [0, 0.05) is 12.5 Å². The Bertz CT molecular complexity index is 973. The lowest BCUT2D eigenvalue weighted by molar-refractivity contribution is -0.120. The van der Waals surface area contributed by atoms with Gasteiger partial charge in [-0.2, -0.15) is 0 Å². The van der Waals surface area contributed by atoms with Crippen molar-refractivity contribution in [2.75, 3.05) is 20.2 Å². The molecule has 160 valence electrons. The fourth-order valence-electron chi connectivity index (χ4n) is 5.10. The van der Waals surface area contributed by atoms with Gasteiger partial charge in [-0.3, -0.25) is 4.79 Å². The molecule has 0 aliphatic carbocycles. The van der Waals surface area contributed by atoms with Crippen LogP contribution in [0.25, 0.3) is 0 Å². The molecule has 4 heteroatoms. The average Bonchev–Trinajstić information content (AvgIpc) is 2.83. The Morgan fingerprint density at radius 2 is 1.58 bits per heavy atom. The van der Waals surface area contributed by atoms with Crippen LogP contribution in [-0.4, -0.2) is 26.1 Å². The Balaban J connectivity index is 1.83. The Morgan fingerprint density at radius 3 is 2.19 bits per heavy atom. The van der Waals surface area contributed by atoms with Crippen molar-refractivity contribution in [3.63, 3.8) is 0 Å². The van der Waals surface area contributed by atoms with Crippen LogP contribution in [0.3, 0.4) is 0 Å². The number of hydrogen-bond acceptors (Lipinski definition) is 3. The molecule has 3 aromatic carbocycles. The summed E-state index contributed by atoms with van der Waals surface area (Å²) in [4.78, 5) is 12.9. The zero-order valence-electron chi connectivity index (χ0n) is 17.9. The van der Waals surface area contributed by atoms with Crippen molar-refractivity contribution in [1.29, 1.82) is 0 Å². The average molecular weight is 415 g/mol. The topological polar surface area (TPSA) is 64.3 Å². The summed E-state index contributed by atoms with van der Waals surface area (Å²) in [5, 5.41) is 3.56. The van der Waals surface area contributed by atoms with Crippen LogP contribution in [0.2, 0.25) is 0 Å². The molecule has 1 heterocycles. The number of nitrogens with two attached hydrogens (primary N) is 1. The number of amides is 1. The molecule has 1 fully saturated rings. The smallest absolute Gasteiger partial charge is 0.225 e. The maximum absolute atomic E-state index is 12.9. The molecule has 0 radical (unpaired) electrons. The minimum atomic E-state index is -0.399. The van der Waals surface area contributed by atoms with Crippen molar-refractivity contribution >= 4 is 5.91 Å². The molecule has 0 aromatic heterocycles. The molecule has 4 nitrogen and oxygen atoms in total. The predicted octanol–water partition coefficient (Wildman–Crippen LogP) is 4.44. The van der Waals surface area contributed by atoms with Crippen LogP contribution < -0.4 is 15.8 Å². The van der Waals surface area contributed by atoms with Crippen LogP contribution >= 0.6 is 0 Å². The van der Waals surface area contributed by atoms with Crippen molar-refractivity contribution in [3.8, 4) is 5.75 Å². The third kappa shape index (κ3) is 4.64. The van der Waals surface area contributed by atoms with Gasteiger partial charge in [-0.25, -0.2) is 0 Å². The van der Waals surface area contributed by atoms with Crippen LogP contribution in [0.1, 0.15) is 40.9 Å². The van der Waals surface area contributed by atoms with E-state index in [9.17, 15) is 4.79 Å². The van der Waals surface area contributed by atoms with Crippen molar-refractivity contribution in [1.82, 2.24) is 5.32 Å². The molecule has 3 N–H and O–H groups in total. The summed E-state index contributed by atoms with van der Waals surface area (Å²) in [6, 6.07) is 28.7. The zero-order valence-corrected chi connectivity index (χ0v) is 17.9. The second-order valence-electron chi connectivity index (χ2n) is 8.26. The second-order valence-corrected chi connectivity index (χ2v) is 8.26. The number of hydrogen-bond donors (Lipinski definition) is 2. The summed E-state index contributed by atoms with van der Waals surface area (Å²) in [6.07, 6.45) is 0.979. The molecule has 3 aromatic rings. The van der Waals surface area contributed by atoms with Crippen molar-refractivity contribution in [3.05, 3.63) is 102 Å². The Hall–Kier alpha value is -3.11. The largest absolute Gasteiger partial charge is 0.497 e. The van der Waals surface area contributed by atoms with Crippen LogP contribution in [0.15, 0.2) is 84.9 Å². The number of piperidine rings is 1. The lowest BCUT2D eigenvalue weighted by Gasteiger charge is -2.41. The molecular weight excluding hydrogens is 384 g/mol. The molecule has 1 saturated heterocycles. The predicted molar refractivity (Wildman–Crippen MR) is 124 cm³/mol. The Morgan fingerprint density at radius 1 is 0.935 bits per heavy atom. The third-order valence-electron chi connectivity index (χ3n) is 6.55. The van der Waals surface area contributed by atoms with Gasteiger partial charge in [0.1, 0.15) is 5.75 Å². The number of benzene rings is 3. The van der Waals surface area contributed by atoms with Crippen LogP contribution in [0, 0.1) is 5.92 Å². The monoisotopic (exact) mass is 414 g/mol. The quantitative estimate of drug-likeness (QED) is 0.601. The van der Waals surface area contributed by atoms with Gasteiger partial charge in [0.2, 0.25) is 5.91 Å². The van der Waals surface area contributed by atoms with Gasteiger partial charge < -0.3 is 15.8 Å². The lowest BCUT2D eigenvalue weighted by Crippen LogP contribution is -2.41. The highest BCUT2D eigenvalue weighted by atomic mass is 16.5. The van der Waals surface area contributed by atoms with Gasteiger partial charge in [-0.05, 0) is 53.6 Å². The molecular formula is C27H30N2O2. The van der Waals surface area contributed by atoms with E-state index in [1.54, 1.807) is 7.11 Å². The van der Waals surface area contributed by atoms with E-state index >= 15 is 0 Å². The summed E-state index contributed by atoms with van der Waals surface area (Å²) >= 11 is 0. The number of primary amides is 1.